The van der Waals surface area contributed by atoms with Crippen LogP contribution < -0.4 is 15.2 Å². The van der Waals surface area contributed by atoms with Gasteiger partial charge >= 0.3 is 6.03 Å². The summed E-state index contributed by atoms with van der Waals surface area (Å²) in [5, 5.41) is 8.04. The minimum Gasteiger partial charge on any atom is -0.273 e. The Labute approximate surface area is 176 Å². The summed E-state index contributed by atoms with van der Waals surface area (Å²) in [7, 11) is 0. The number of imide groups is 2. The SMILES string of the molecule is CC1=NN(c2ccccc2)C(=O)[C@H]1/C=C1\C(=O)NC(=O)N(c2ccc(Cl)cc2)C1=O. The molecule has 2 aromatic rings. The van der Waals surface area contributed by atoms with Gasteiger partial charge in [-0.05, 0) is 49.4 Å². The molecular weight excluding hydrogens is 408 g/mol. The molecule has 0 spiro atoms. The smallest absolute Gasteiger partial charge is 0.273 e. The van der Waals surface area contributed by atoms with Crippen LogP contribution in [0.3, 0.4) is 0 Å². The molecule has 5 amide bonds. The van der Waals surface area contributed by atoms with E-state index in [1.807, 2.05) is 6.07 Å². The summed E-state index contributed by atoms with van der Waals surface area (Å²) in [5.41, 5.74) is 0.925. The van der Waals surface area contributed by atoms with E-state index in [1.54, 1.807) is 31.2 Å². The number of halogens is 1. The highest BCUT2D eigenvalue weighted by molar-refractivity contribution is 6.38. The first-order chi connectivity index (χ1) is 14.4. The normalized spacial score (nSPS) is 20.7. The van der Waals surface area contributed by atoms with E-state index in [0.29, 0.717) is 16.4 Å². The van der Waals surface area contributed by atoms with Gasteiger partial charge in [0.2, 0.25) is 0 Å². The highest BCUT2D eigenvalue weighted by atomic mass is 35.5. The van der Waals surface area contributed by atoms with Crippen LogP contribution in [-0.2, 0) is 14.4 Å². The van der Waals surface area contributed by atoms with Crippen molar-refractivity contribution in [2.45, 2.75) is 6.92 Å². The molecule has 150 valence electrons. The molecule has 9 heteroatoms. The summed E-state index contributed by atoms with van der Waals surface area (Å²) in [6.07, 6.45) is 1.25. The van der Waals surface area contributed by atoms with E-state index < -0.39 is 29.7 Å². The number of carbonyl (C=O) groups excluding carboxylic acids is 4. The predicted octanol–water partition coefficient (Wildman–Crippen LogP) is 2.89. The van der Waals surface area contributed by atoms with Crippen LogP contribution in [0.1, 0.15) is 6.92 Å². The third-order valence-electron chi connectivity index (χ3n) is 4.70. The third-order valence-corrected chi connectivity index (χ3v) is 4.96. The number of carbonyl (C=O) groups is 4. The van der Waals surface area contributed by atoms with Gasteiger partial charge in [0, 0.05) is 5.02 Å². The molecule has 1 atom stereocenters. The molecule has 8 nitrogen and oxygen atoms in total. The Balaban J connectivity index is 1.67. The van der Waals surface area contributed by atoms with E-state index in [-0.39, 0.29) is 11.3 Å². The van der Waals surface area contributed by atoms with Crippen molar-refractivity contribution in [3.05, 3.63) is 71.3 Å². The van der Waals surface area contributed by atoms with Crippen LogP contribution in [0.5, 0.6) is 0 Å². The van der Waals surface area contributed by atoms with Crippen LogP contribution in [0.2, 0.25) is 5.02 Å². The monoisotopic (exact) mass is 422 g/mol. The Morgan fingerprint density at radius 2 is 1.63 bits per heavy atom. The minimum absolute atomic E-state index is 0.245. The minimum atomic E-state index is -0.907. The van der Waals surface area contributed by atoms with Crippen molar-refractivity contribution in [3.63, 3.8) is 0 Å². The molecule has 2 aliphatic heterocycles. The summed E-state index contributed by atoms with van der Waals surface area (Å²) >= 11 is 5.86. The molecule has 0 aromatic heterocycles. The lowest BCUT2D eigenvalue weighted by Crippen LogP contribution is -2.54. The summed E-state index contributed by atoms with van der Waals surface area (Å²) in [4.78, 5) is 51.3. The van der Waals surface area contributed by atoms with Gasteiger partial charge in [-0.25, -0.2) is 9.69 Å². The maximum Gasteiger partial charge on any atom is 0.335 e. The second-order valence-electron chi connectivity index (χ2n) is 6.66. The lowest BCUT2D eigenvalue weighted by Gasteiger charge is -2.26. The van der Waals surface area contributed by atoms with Crippen LogP contribution in [0, 0.1) is 5.92 Å². The van der Waals surface area contributed by atoms with Crippen LogP contribution >= 0.6 is 11.6 Å². The third kappa shape index (κ3) is 3.37. The van der Waals surface area contributed by atoms with Crippen molar-refractivity contribution in [1.82, 2.24) is 5.32 Å². The van der Waals surface area contributed by atoms with E-state index in [4.69, 9.17) is 11.6 Å². The molecule has 30 heavy (non-hydrogen) atoms. The second-order valence-corrected chi connectivity index (χ2v) is 7.10. The Bertz CT molecular complexity index is 1130. The van der Waals surface area contributed by atoms with Crippen molar-refractivity contribution in [2.24, 2.45) is 11.0 Å². The highest BCUT2D eigenvalue weighted by Crippen LogP contribution is 2.27. The molecule has 1 saturated heterocycles. The van der Waals surface area contributed by atoms with Gasteiger partial charge in [-0.2, -0.15) is 10.1 Å². The number of amides is 5. The average molecular weight is 423 g/mol. The van der Waals surface area contributed by atoms with E-state index in [2.05, 4.69) is 10.4 Å². The molecule has 1 fully saturated rings. The van der Waals surface area contributed by atoms with Gasteiger partial charge in [-0.15, -0.1) is 0 Å². The van der Waals surface area contributed by atoms with E-state index >= 15 is 0 Å². The summed E-state index contributed by atoms with van der Waals surface area (Å²) in [6.45, 7) is 1.63. The molecule has 2 aliphatic rings. The summed E-state index contributed by atoms with van der Waals surface area (Å²) in [5.74, 6) is -3.00. The fourth-order valence-electron chi connectivity index (χ4n) is 3.19. The van der Waals surface area contributed by atoms with Crippen LogP contribution in [-0.4, -0.2) is 29.5 Å². The zero-order valence-electron chi connectivity index (χ0n) is 15.7. The van der Waals surface area contributed by atoms with Gasteiger partial charge in [0.1, 0.15) is 5.57 Å². The van der Waals surface area contributed by atoms with E-state index in [1.165, 1.54) is 35.4 Å². The first-order valence-electron chi connectivity index (χ1n) is 8.98. The molecule has 4 rings (SSSR count). The molecule has 1 N–H and O–H groups in total. The zero-order chi connectivity index (χ0) is 21.4. The Morgan fingerprint density at radius 3 is 2.30 bits per heavy atom. The molecule has 0 radical (unpaired) electrons. The summed E-state index contributed by atoms with van der Waals surface area (Å²) < 4.78 is 0. The van der Waals surface area contributed by atoms with Gasteiger partial charge < -0.3 is 0 Å². The Morgan fingerprint density at radius 1 is 0.967 bits per heavy atom. The Hall–Kier alpha value is -3.78. The lowest BCUT2D eigenvalue weighted by atomic mass is 9.98. The van der Waals surface area contributed by atoms with Crippen LogP contribution in [0.25, 0.3) is 0 Å². The van der Waals surface area contributed by atoms with E-state index in [0.717, 1.165) is 4.90 Å². The quantitative estimate of drug-likeness (QED) is 0.607. The molecular formula is C21H15ClN4O4. The first-order valence-corrected chi connectivity index (χ1v) is 9.36. The number of nitrogens with zero attached hydrogens (tertiary/aromatic N) is 3. The number of benzene rings is 2. The second kappa shape index (κ2) is 7.57. The van der Waals surface area contributed by atoms with E-state index in [9.17, 15) is 19.2 Å². The van der Waals surface area contributed by atoms with Crippen LogP contribution in [0.15, 0.2) is 71.3 Å². The number of hydrogen-bond donors (Lipinski definition) is 1. The number of hydrogen-bond acceptors (Lipinski definition) is 5. The average Bonchev–Trinajstić information content (AvgIpc) is 3.01. The summed E-state index contributed by atoms with van der Waals surface area (Å²) in [6, 6.07) is 13.9. The maximum absolute atomic E-state index is 13.0. The number of nitrogens with one attached hydrogen (secondary N) is 1. The van der Waals surface area contributed by atoms with Crippen molar-refractivity contribution >= 4 is 52.4 Å². The Kier molecular flexibility index (Phi) is 4.93. The van der Waals surface area contributed by atoms with Gasteiger partial charge in [-0.3, -0.25) is 19.7 Å². The van der Waals surface area contributed by atoms with Crippen molar-refractivity contribution < 1.29 is 19.2 Å². The van der Waals surface area contributed by atoms with Gasteiger partial charge in [0.05, 0.1) is 23.0 Å². The number of rotatable bonds is 3. The fraction of sp³-hybridized carbons (Fsp3) is 0.0952. The van der Waals surface area contributed by atoms with Gasteiger partial charge in [0.25, 0.3) is 17.7 Å². The fourth-order valence-corrected chi connectivity index (χ4v) is 3.32. The molecule has 2 heterocycles. The maximum atomic E-state index is 13.0. The number of hydrazone groups is 1. The molecule has 0 saturated carbocycles. The molecule has 2 aromatic carbocycles. The number of urea groups is 1. The van der Waals surface area contributed by atoms with Gasteiger partial charge in [-0.1, -0.05) is 29.8 Å². The van der Waals surface area contributed by atoms with Crippen molar-refractivity contribution in [3.8, 4) is 0 Å². The van der Waals surface area contributed by atoms with Crippen molar-refractivity contribution in [1.29, 1.82) is 0 Å². The van der Waals surface area contributed by atoms with Crippen LogP contribution in [0.4, 0.5) is 16.2 Å². The molecule has 0 unspecified atom stereocenters. The number of barbiturate groups is 1. The molecule has 0 bridgehead atoms. The topological polar surface area (TPSA) is 99.2 Å². The first kappa shape index (κ1) is 19.5. The molecule has 0 aliphatic carbocycles. The predicted molar refractivity (Wildman–Crippen MR) is 111 cm³/mol. The van der Waals surface area contributed by atoms with Gasteiger partial charge in [0.15, 0.2) is 0 Å². The zero-order valence-corrected chi connectivity index (χ0v) is 16.5. The standard InChI is InChI=1S/C21H15ClN4O4/c1-12-16(20(29)26(24-12)15-5-3-2-4-6-15)11-17-18(27)23-21(30)25(19(17)28)14-9-7-13(22)8-10-14/h2-11,16H,1H3,(H,23,27,30)/b17-11+/t16-/m0/s1. The number of anilines is 2. The lowest BCUT2D eigenvalue weighted by molar-refractivity contribution is -0.122. The van der Waals surface area contributed by atoms with Crippen molar-refractivity contribution in [2.75, 3.05) is 9.91 Å². The highest BCUT2D eigenvalue weighted by Gasteiger charge is 2.40. The number of para-hydroxylation sites is 1. The largest absolute Gasteiger partial charge is 0.335 e.